The fraction of sp³-hybridized carbons (Fsp3) is 0.0714. The molecule has 3 aromatic rings. The van der Waals surface area contributed by atoms with Crippen molar-refractivity contribution in [3.63, 3.8) is 0 Å². The number of aliphatic hydroxyl groups is 1. The summed E-state index contributed by atoms with van der Waals surface area (Å²) >= 11 is 1.58. The van der Waals surface area contributed by atoms with E-state index in [1.807, 2.05) is 17.5 Å². The number of hydrogen-bond acceptors (Lipinski definition) is 3. The van der Waals surface area contributed by atoms with E-state index in [2.05, 4.69) is 4.98 Å². The summed E-state index contributed by atoms with van der Waals surface area (Å²) in [5.41, 5.74) is 2.31. The van der Waals surface area contributed by atoms with Gasteiger partial charge in [-0.25, -0.2) is 4.39 Å². The topological polar surface area (TPSA) is 33.1 Å². The first-order chi connectivity index (χ1) is 8.74. The van der Waals surface area contributed by atoms with Crippen molar-refractivity contribution in [3.05, 3.63) is 64.9 Å². The van der Waals surface area contributed by atoms with Gasteiger partial charge in [-0.15, -0.1) is 11.3 Å². The Hall–Kier alpha value is -1.78. The minimum absolute atomic E-state index is 0.308. The number of thiophene rings is 1. The van der Waals surface area contributed by atoms with E-state index < -0.39 is 6.10 Å². The van der Waals surface area contributed by atoms with Gasteiger partial charge in [0, 0.05) is 11.8 Å². The number of halogens is 1. The molecule has 0 radical (unpaired) electrons. The van der Waals surface area contributed by atoms with Crippen molar-refractivity contribution in [3.8, 4) is 0 Å². The molecule has 0 aliphatic heterocycles. The van der Waals surface area contributed by atoms with Gasteiger partial charge in [0.1, 0.15) is 11.9 Å². The van der Waals surface area contributed by atoms with E-state index >= 15 is 0 Å². The Balaban J connectivity index is 2.00. The number of nitrogens with zero attached hydrogens (tertiary/aromatic N) is 1. The maximum atomic E-state index is 12.8. The summed E-state index contributed by atoms with van der Waals surface area (Å²) in [5, 5.41) is 12.2. The molecule has 1 N–H and O–H groups in total. The predicted molar refractivity (Wildman–Crippen MR) is 70.1 cm³/mol. The Kier molecular flexibility index (Phi) is 2.81. The van der Waals surface area contributed by atoms with Crippen molar-refractivity contribution >= 4 is 21.6 Å². The Bertz CT molecular complexity index is 678. The van der Waals surface area contributed by atoms with Crippen LogP contribution in [0.25, 0.3) is 10.2 Å². The highest BCUT2D eigenvalue weighted by Gasteiger charge is 2.11. The van der Waals surface area contributed by atoms with Crippen molar-refractivity contribution in [2.75, 3.05) is 0 Å². The molecule has 2 aromatic heterocycles. The van der Waals surface area contributed by atoms with Gasteiger partial charge in [0.05, 0.1) is 10.2 Å². The minimum Gasteiger partial charge on any atom is -0.384 e. The van der Waals surface area contributed by atoms with Crippen molar-refractivity contribution < 1.29 is 9.50 Å². The third-order valence-electron chi connectivity index (χ3n) is 2.83. The van der Waals surface area contributed by atoms with Gasteiger partial charge in [0.25, 0.3) is 0 Å². The highest BCUT2D eigenvalue weighted by molar-refractivity contribution is 7.17. The molecule has 0 bridgehead atoms. The molecule has 3 rings (SSSR count). The molecule has 4 heteroatoms. The lowest BCUT2D eigenvalue weighted by Gasteiger charge is -2.10. The summed E-state index contributed by atoms with van der Waals surface area (Å²) in [7, 11) is 0. The van der Waals surface area contributed by atoms with Gasteiger partial charge in [-0.3, -0.25) is 4.98 Å². The summed E-state index contributed by atoms with van der Waals surface area (Å²) in [6.07, 6.45) is 0.882. The van der Waals surface area contributed by atoms with Gasteiger partial charge in [-0.1, -0.05) is 12.1 Å². The predicted octanol–water partition coefficient (Wildman–Crippen LogP) is 3.52. The number of fused-ring (bicyclic) bond motifs is 1. The standard InChI is InChI=1S/C14H10FNOS/c15-11-3-1-9(2-4-11)14(17)10-7-13-12(16-8-10)5-6-18-13/h1-8,14,17H. The maximum absolute atomic E-state index is 12.8. The lowest BCUT2D eigenvalue weighted by Crippen LogP contribution is -2.00. The number of aromatic nitrogens is 1. The zero-order valence-corrected chi connectivity index (χ0v) is 10.2. The molecule has 18 heavy (non-hydrogen) atoms. The van der Waals surface area contributed by atoms with Crippen LogP contribution in [-0.2, 0) is 0 Å². The number of pyridine rings is 1. The first-order valence-corrected chi connectivity index (χ1v) is 6.39. The van der Waals surface area contributed by atoms with Crippen molar-refractivity contribution in [2.24, 2.45) is 0 Å². The molecule has 0 aliphatic rings. The van der Waals surface area contributed by atoms with E-state index in [0.29, 0.717) is 5.56 Å². The molecule has 1 atom stereocenters. The fourth-order valence-corrected chi connectivity index (χ4v) is 2.64. The smallest absolute Gasteiger partial charge is 0.123 e. The second-order valence-corrected chi connectivity index (χ2v) is 4.97. The second kappa shape index (κ2) is 4.48. The van der Waals surface area contributed by atoms with Crippen LogP contribution in [0.3, 0.4) is 0 Å². The number of aliphatic hydroxyl groups excluding tert-OH is 1. The number of rotatable bonds is 2. The van der Waals surface area contributed by atoms with Crippen LogP contribution in [-0.4, -0.2) is 10.1 Å². The van der Waals surface area contributed by atoms with E-state index in [1.165, 1.54) is 12.1 Å². The number of benzene rings is 1. The largest absolute Gasteiger partial charge is 0.384 e. The van der Waals surface area contributed by atoms with Gasteiger partial charge in [0.2, 0.25) is 0 Å². The maximum Gasteiger partial charge on any atom is 0.123 e. The molecule has 0 aliphatic carbocycles. The molecule has 1 unspecified atom stereocenters. The fourth-order valence-electron chi connectivity index (χ4n) is 1.85. The Labute approximate surface area is 107 Å². The van der Waals surface area contributed by atoms with E-state index in [0.717, 1.165) is 15.8 Å². The molecule has 0 fully saturated rings. The quantitative estimate of drug-likeness (QED) is 0.764. The highest BCUT2D eigenvalue weighted by Crippen LogP contribution is 2.26. The first-order valence-electron chi connectivity index (χ1n) is 5.51. The summed E-state index contributed by atoms with van der Waals surface area (Å²) in [5.74, 6) is -0.308. The SMILES string of the molecule is OC(c1ccc(F)cc1)c1cnc2ccsc2c1. The monoisotopic (exact) mass is 259 g/mol. The van der Waals surface area contributed by atoms with E-state index in [1.54, 1.807) is 29.7 Å². The third-order valence-corrected chi connectivity index (χ3v) is 3.68. The molecule has 0 amide bonds. The molecule has 2 heterocycles. The first kappa shape index (κ1) is 11.3. The Morgan fingerprint density at radius 3 is 2.67 bits per heavy atom. The summed E-state index contributed by atoms with van der Waals surface area (Å²) in [6, 6.07) is 9.71. The van der Waals surface area contributed by atoms with Gasteiger partial charge in [0.15, 0.2) is 0 Å². The Morgan fingerprint density at radius 1 is 1.11 bits per heavy atom. The molecule has 90 valence electrons. The van der Waals surface area contributed by atoms with E-state index in [9.17, 15) is 9.50 Å². The molecular weight excluding hydrogens is 249 g/mol. The van der Waals surface area contributed by atoms with Crippen LogP contribution in [0, 0.1) is 5.82 Å². The van der Waals surface area contributed by atoms with Gasteiger partial charge in [-0.2, -0.15) is 0 Å². The van der Waals surface area contributed by atoms with Crippen molar-refractivity contribution in [1.82, 2.24) is 4.98 Å². The molecule has 2 nitrogen and oxygen atoms in total. The van der Waals surface area contributed by atoms with Crippen molar-refractivity contribution in [1.29, 1.82) is 0 Å². The van der Waals surface area contributed by atoms with Gasteiger partial charge >= 0.3 is 0 Å². The van der Waals surface area contributed by atoms with Crippen molar-refractivity contribution in [2.45, 2.75) is 6.10 Å². The zero-order valence-electron chi connectivity index (χ0n) is 9.38. The summed E-state index contributed by atoms with van der Waals surface area (Å²) < 4.78 is 13.9. The molecule has 0 saturated heterocycles. The van der Waals surface area contributed by atoms with Crippen LogP contribution in [0.5, 0.6) is 0 Å². The second-order valence-electron chi connectivity index (χ2n) is 4.03. The highest BCUT2D eigenvalue weighted by atomic mass is 32.1. The lowest BCUT2D eigenvalue weighted by atomic mass is 10.0. The van der Waals surface area contributed by atoms with Crippen LogP contribution in [0.4, 0.5) is 4.39 Å². The minimum atomic E-state index is -0.774. The Morgan fingerprint density at radius 2 is 1.89 bits per heavy atom. The summed E-state index contributed by atoms with van der Waals surface area (Å²) in [4.78, 5) is 4.28. The summed E-state index contributed by atoms with van der Waals surface area (Å²) in [6.45, 7) is 0. The molecule has 1 aromatic carbocycles. The van der Waals surface area contributed by atoms with Crippen LogP contribution < -0.4 is 0 Å². The average molecular weight is 259 g/mol. The van der Waals surface area contributed by atoms with Crippen LogP contribution in [0.1, 0.15) is 17.2 Å². The zero-order chi connectivity index (χ0) is 12.5. The average Bonchev–Trinajstić information content (AvgIpc) is 2.86. The van der Waals surface area contributed by atoms with E-state index in [4.69, 9.17) is 0 Å². The lowest BCUT2D eigenvalue weighted by molar-refractivity contribution is 0.220. The van der Waals surface area contributed by atoms with Crippen LogP contribution >= 0.6 is 11.3 Å². The molecule has 0 spiro atoms. The van der Waals surface area contributed by atoms with Crippen LogP contribution in [0.15, 0.2) is 48.0 Å². The number of hydrogen-bond donors (Lipinski definition) is 1. The normalized spacial score (nSPS) is 12.8. The van der Waals surface area contributed by atoms with Crippen LogP contribution in [0.2, 0.25) is 0 Å². The molecule has 0 saturated carbocycles. The van der Waals surface area contributed by atoms with Gasteiger partial charge < -0.3 is 5.11 Å². The molecular formula is C14H10FNOS. The third kappa shape index (κ3) is 2.00. The van der Waals surface area contributed by atoms with E-state index in [-0.39, 0.29) is 5.82 Å². The van der Waals surface area contributed by atoms with Gasteiger partial charge in [-0.05, 0) is 35.2 Å².